The van der Waals surface area contributed by atoms with Crippen molar-refractivity contribution in [3.8, 4) is 11.5 Å². The lowest BCUT2D eigenvalue weighted by molar-refractivity contribution is -0.384. The topological polar surface area (TPSA) is 137 Å². The van der Waals surface area contributed by atoms with Crippen LogP contribution in [0.15, 0.2) is 77.0 Å². The second kappa shape index (κ2) is 7.85. The molecule has 4 aromatic rings. The zero-order valence-corrected chi connectivity index (χ0v) is 15.9. The molecule has 9 nitrogen and oxygen atoms in total. The Balaban J connectivity index is 1.86. The molecule has 0 fully saturated rings. The van der Waals surface area contributed by atoms with Gasteiger partial charge in [-0.3, -0.25) is 10.1 Å². The molecule has 150 valence electrons. The van der Waals surface area contributed by atoms with Crippen LogP contribution in [0.1, 0.15) is 0 Å². The lowest BCUT2D eigenvalue weighted by Gasteiger charge is -2.11. The predicted molar refractivity (Wildman–Crippen MR) is 110 cm³/mol. The Bertz CT molecular complexity index is 1360. The number of fused-ring (bicyclic) bond motifs is 2. The second-order valence-corrected chi connectivity index (χ2v) is 6.79. The number of azo groups is 1. The van der Waals surface area contributed by atoms with E-state index < -0.39 is 16.3 Å². The smallest absolute Gasteiger partial charge is 0.270 e. The zero-order valence-electron chi connectivity index (χ0n) is 15.1. The van der Waals surface area contributed by atoms with Crippen molar-refractivity contribution in [3.63, 3.8) is 0 Å². The number of nitro groups is 1. The zero-order chi connectivity index (χ0) is 21.3. The molecular formula is C20H12N3O6S-. The van der Waals surface area contributed by atoms with Crippen LogP contribution in [0.3, 0.4) is 0 Å². The van der Waals surface area contributed by atoms with E-state index in [1.807, 2.05) is 12.1 Å². The minimum atomic E-state index is -2.86. The molecule has 4 aromatic carbocycles. The van der Waals surface area contributed by atoms with Crippen LogP contribution in [-0.4, -0.2) is 18.8 Å². The van der Waals surface area contributed by atoms with E-state index in [2.05, 4.69) is 10.2 Å². The van der Waals surface area contributed by atoms with Crippen LogP contribution >= 0.6 is 0 Å². The van der Waals surface area contributed by atoms with Crippen molar-refractivity contribution in [1.82, 2.24) is 0 Å². The van der Waals surface area contributed by atoms with E-state index in [-0.39, 0.29) is 28.6 Å². The maximum absolute atomic E-state index is 11.1. The highest BCUT2D eigenvalue weighted by Crippen LogP contribution is 2.40. The predicted octanol–water partition coefficient (Wildman–Crippen LogP) is 5.20. The summed E-state index contributed by atoms with van der Waals surface area (Å²) in [6, 6.07) is 17.4. The minimum absolute atomic E-state index is 0.0548. The summed E-state index contributed by atoms with van der Waals surface area (Å²) in [7, 11) is 0. The van der Waals surface area contributed by atoms with Crippen LogP contribution in [-0.2, 0) is 11.4 Å². The first-order chi connectivity index (χ1) is 14.4. The Morgan fingerprint density at radius 1 is 0.933 bits per heavy atom. The Hall–Kier alpha value is -3.89. The molecule has 0 saturated carbocycles. The van der Waals surface area contributed by atoms with Gasteiger partial charge in [-0.2, -0.15) is 0 Å². The molecule has 1 atom stereocenters. The monoisotopic (exact) mass is 422 g/mol. The summed E-state index contributed by atoms with van der Waals surface area (Å²) < 4.78 is 26.9. The highest BCUT2D eigenvalue weighted by atomic mass is 32.2. The van der Waals surface area contributed by atoms with E-state index in [0.29, 0.717) is 16.2 Å². The van der Waals surface area contributed by atoms with Gasteiger partial charge in [0.25, 0.3) is 5.69 Å². The van der Waals surface area contributed by atoms with Crippen molar-refractivity contribution in [2.45, 2.75) is 0 Å². The Morgan fingerprint density at radius 3 is 2.47 bits per heavy atom. The summed E-state index contributed by atoms with van der Waals surface area (Å²) in [5.41, 5.74) is 0.0969. The van der Waals surface area contributed by atoms with E-state index in [9.17, 15) is 24.0 Å². The Morgan fingerprint density at radius 2 is 1.70 bits per heavy atom. The fourth-order valence-corrected chi connectivity index (χ4v) is 3.35. The standard InChI is InChI=1S/C20H13N3O6S/c24-20-16-4-2-1-3-12(16)5-9-17(20)21-22-19-15-8-7-14(23(25)26)11-13(15)6-10-18(19)29-30(27)28/h1-11,24H,(H,27,28)/p-1. The van der Waals surface area contributed by atoms with Gasteiger partial charge in [-0.1, -0.05) is 36.4 Å². The van der Waals surface area contributed by atoms with Gasteiger partial charge in [-0.15, -0.1) is 10.2 Å². The maximum atomic E-state index is 11.1. The van der Waals surface area contributed by atoms with Crippen molar-refractivity contribution in [2.75, 3.05) is 0 Å². The van der Waals surface area contributed by atoms with Crippen molar-refractivity contribution in [2.24, 2.45) is 10.2 Å². The molecule has 0 saturated heterocycles. The third-order valence-electron chi connectivity index (χ3n) is 4.44. The summed E-state index contributed by atoms with van der Waals surface area (Å²) >= 11 is -2.86. The number of rotatable bonds is 5. The number of non-ortho nitro benzene ring substituents is 1. The fourth-order valence-electron chi connectivity index (χ4n) is 3.07. The average Bonchev–Trinajstić information content (AvgIpc) is 2.73. The number of phenolic OH excluding ortho intramolecular Hbond substituents is 1. The first kappa shape index (κ1) is 19.4. The average molecular weight is 422 g/mol. The van der Waals surface area contributed by atoms with Crippen LogP contribution in [0.2, 0.25) is 0 Å². The molecule has 0 heterocycles. The minimum Gasteiger partial charge on any atom is -0.740 e. The first-order valence-electron chi connectivity index (χ1n) is 8.55. The van der Waals surface area contributed by atoms with Crippen LogP contribution in [0.4, 0.5) is 17.1 Å². The summed E-state index contributed by atoms with van der Waals surface area (Å²) in [5, 5.41) is 31.9. The normalized spacial score (nSPS) is 12.4. The number of nitro benzene ring substituents is 1. The maximum Gasteiger partial charge on any atom is 0.270 e. The van der Waals surface area contributed by atoms with Gasteiger partial charge in [-0.05, 0) is 29.0 Å². The van der Waals surface area contributed by atoms with Gasteiger partial charge in [0.2, 0.25) is 0 Å². The molecule has 0 aliphatic carbocycles. The Kier molecular flexibility index (Phi) is 5.09. The number of aromatic hydroxyl groups is 1. The van der Waals surface area contributed by atoms with Crippen molar-refractivity contribution >= 4 is 50.0 Å². The second-order valence-electron chi connectivity index (χ2n) is 6.22. The molecule has 0 aliphatic heterocycles. The van der Waals surface area contributed by atoms with Gasteiger partial charge >= 0.3 is 0 Å². The van der Waals surface area contributed by atoms with E-state index >= 15 is 0 Å². The van der Waals surface area contributed by atoms with E-state index in [1.54, 1.807) is 24.3 Å². The highest BCUT2D eigenvalue weighted by Gasteiger charge is 2.14. The number of benzene rings is 4. The van der Waals surface area contributed by atoms with Gasteiger partial charge in [0.1, 0.15) is 22.7 Å². The number of hydrogen-bond acceptors (Lipinski definition) is 8. The molecule has 1 unspecified atom stereocenters. The van der Waals surface area contributed by atoms with Crippen LogP contribution < -0.4 is 4.18 Å². The van der Waals surface area contributed by atoms with Gasteiger partial charge in [0, 0.05) is 22.9 Å². The Labute approximate surface area is 171 Å². The van der Waals surface area contributed by atoms with Gasteiger partial charge < -0.3 is 13.8 Å². The lowest BCUT2D eigenvalue weighted by atomic mass is 10.1. The van der Waals surface area contributed by atoms with E-state index in [4.69, 9.17) is 4.18 Å². The molecule has 0 spiro atoms. The summed E-state index contributed by atoms with van der Waals surface area (Å²) in [4.78, 5) is 10.5. The van der Waals surface area contributed by atoms with E-state index in [1.165, 1.54) is 30.3 Å². The largest absolute Gasteiger partial charge is 0.740 e. The highest BCUT2D eigenvalue weighted by molar-refractivity contribution is 7.74. The van der Waals surface area contributed by atoms with E-state index in [0.717, 1.165) is 5.39 Å². The lowest BCUT2D eigenvalue weighted by Crippen LogP contribution is -1.98. The third kappa shape index (κ3) is 3.69. The van der Waals surface area contributed by atoms with Gasteiger partial charge in [0.15, 0.2) is 11.5 Å². The molecule has 1 N–H and O–H groups in total. The summed E-state index contributed by atoms with van der Waals surface area (Å²) in [5.74, 6) is -0.184. The molecule has 0 aliphatic rings. The fraction of sp³-hybridized carbons (Fsp3) is 0. The quantitative estimate of drug-likeness (QED) is 0.203. The third-order valence-corrected chi connectivity index (χ3v) is 4.76. The number of hydrogen-bond donors (Lipinski definition) is 1. The molecular weight excluding hydrogens is 410 g/mol. The summed E-state index contributed by atoms with van der Waals surface area (Å²) in [6.07, 6.45) is 0. The first-order valence-corrected chi connectivity index (χ1v) is 9.55. The molecule has 30 heavy (non-hydrogen) atoms. The molecule has 0 amide bonds. The number of nitrogens with zero attached hydrogens (tertiary/aromatic N) is 3. The molecule has 4 rings (SSSR count). The molecule has 0 bridgehead atoms. The van der Waals surface area contributed by atoms with Crippen molar-refractivity contribution in [3.05, 3.63) is 76.8 Å². The molecule has 10 heteroatoms. The summed E-state index contributed by atoms with van der Waals surface area (Å²) in [6.45, 7) is 0. The number of phenols is 1. The van der Waals surface area contributed by atoms with Gasteiger partial charge in [0.05, 0.1) is 4.92 Å². The van der Waals surface area contributed by atoms with Crippen LogP contribution in [0.25, 0.3) is 21.5 Å². The van der Waals surface area contributed by atoms with Crippen LogP contribution in [0, 0.1) is 10.1 Å². The van der Waals surface area contributed by atoms with Gasteiger partial charge in [-0.25, -0.2) is 4.21 Å². The molecule has 0 radical (unpaired) electrons. The molecule has 0 aromatic heterocycles. The van der Waals surface area contributed by atoms with Crippen LogP contribution in [0.5, 0.6) is 11.5 Å². The van der Waals surface area contributed by atoms with Crippen molar-refractivity contribution in [1.29, 1.82) is 0 Å². The SMILES string of the molecule is O=[N+]([O-])c1ccc2c(N=Nc3ccc4ccccc4c3O)c(OS(=O)[O-])ccc2c1. The van der Waals surface area contributed by atoms with Crippen molar-refractivity contribution < 1.29 is 23.0 Å².